The van der Waals surface area contributed by atoms with E-state index in [4.69, 9.17) is 5.11 Å². The van der Waals surface area contributed by atoms with Gasteiger partial charge in [0.15, 0.2) is 17.3 Å². The second-order valence-corrected chi connectivity index (χ2v) is 2.64. The number of ether oxygens (including phenoxy) is 1. The number of phenols is 1. The predicted molar refractivity (Wildman–Crippen MR) is 46.6 cm³/mol. The van der Waals surface area contributed by atoms with Crippen LogP contribution in [0.25, 0.3) is 0 Å². The van der Waals surface area contributed by atoms with Crippen LogP contribution in [0.3, 0.4) is 0 Å². The van der Waals surface area contributed by atoms with Gasteiger partial charge in [0.05, 0.1) is 7.11 Å². The van der Waals surface area contributed by atoms with Crippen molar-refractivity contribution < 1.29 is 28.9 Å². The number of rotatable bonds is 3. The highest BCUT2D eigenvalue weighted by Crippen LogP contribution is 2.30. The minimum atomic E-state index is -1.72. The van der Waals surface area contributed by atoms with Gasteiger partial charge in [-0.3, -0.25) is 4.79 Å². The third-order valence-electron chi connectivity index (χ3n) is 1.68. The number of methoxy groups -OCH3 is 1. The zero-order chi connectivity index (χ0) is 11.6. The summed E-state index contributed by atoms with van der Waals surface area (Å²) in [4.78, 5) is 21.2. The Bertz CT molecular complexity index is 404. The number of carboxylic acids is 1. The van der Waals surface area contributed by atoms with Crippen molar-refractivity contribution in [1.29, 1.82) is 0 Å². The van der Waals surface area contributed by atoms with Gasteiger partial charge in [-0.05, 0) is 12.1 Å². The third-order valence-corrected chi connectivity index (χ3v) is 1.68. The quantitative estimate of drug-likeness (QED) is 0.574. The highest BCUT2D eigenvalue weighted by atomic mass is 19.1. The van der Waals surface area contributed by atoms with Crippen LogP contribution in [0.5, 0.6) is 11.5 Å². The molecule has 15 heavy (non-hydrogen) atoms. The molecular formula is C9H7FO5. The van der Waals surface area contributed by atoms with Crippen molar-refractivity contribution in [2.24, 2.45) is 0 Å². The molecule has 0 saturated carbocycles. The van der Waals surface area contributed by atoms with E-state index in [9.17, 15) is 19.1 Å². The van der Waals surface area contributed by atoms with E-state index in [1.165, 1.54) is 0 Å². The molecule has 1 aromatic rings. The Morgan fingerprint density at radius 3 is 2.40 bits per heavy atom. The molecule has 0 amide bonds. The molecule has 6 heteroatoms. The summed E-state index contributed by atoms with van der Waals surface area (Å²) in [6, 6.07) is 1.52. The van der Waals surface area contributed by atoms with Crippen LogP contribution in [0.15, 0.2) is 12.1 Å². The predicted octanol–water partition coefficient (Wildman–Crippen LogP) is 0.807. The highest BCUT2D eigenvalue weighted by molar-refractivity contribution is 6.39. The van der Waals surface area contributed by atoms with E-state index in [-0.39, 0.29) is 0 Å². The second kappa shape index (κ2) is 3.95. The molecule has 1 aromatic carbocycles. The lowest BCUT2D eigenvalue weighted by atomic mass is 10.1. The number of phenolic OH excluding ortho intramolecular Hbond substituents is 1. The van der Waals surface area contributed by atoms with Crippen LogP contribution in [0.4, 0.5) is 4.39 Å². The average molecular weight is 214 g/mol. The van der Waals surface area contributed by atoms with Crippen molar-refractivity contribution in [3.63, 3.8) is 0 Å². The maximum absolute atomic E-state index is 13.1. The van der Waals surface area contributed by atoms with Crippen LogP contribution in [0.2, 0.25) is 0 Å². The Morgan fingerprint density at radius 2 is 2.00 bits per heavy atom. The Hall–Kier alpha value is -2.11. The summed E-state index contributed by atoms with van der Waals surface area (Å²) in [7, 11) is 1.14. The van der Waals surface area contributed by atoms with E-state index in [1.54, 1.807) is 0 Å². The van der Waals surface area contributed by atoms with Crippen molar-refractivity contribution >= 4 is 11.8 Å². The van der Waals surface area contributed by atoms with Crippen molar-refractivity contribution in [2.45, 2.75) is 0 Å². The topological polar surface area (TPSA) is 83.8 Å². The first kappa shape index (κ1) is 11.0. The van der Waals surface area contributed by atoms with Gasteiger partial charge in [0, 0.05) is 5.56 Å². The summed E-state index contributed by atoms with van der Waals surface area (Å²) in [5.41, 5.74) is -0.446. The fraction of sp³-hybridized carbons (Fsp3) is 0.111. The number of Topliss-reactive ketones (excluding diaryl/α,β-unsaturated/α-hetero) is 1. The maximum atomic E-state index is 13.1. The molecule has 0 spiro atoms. The molecule has 1 rings (SSSR count). The number of carbonyl (C=O) groups excluding carboxylic acids is 1. The number of aliphatic carboxylic acids is 1. The van der Waals surface area contributed by atoms with Crippen molar-refractivity contribution in [3.05, 3.63) is 23.5 Å². The van der Waals surface area contributed by atoms with E-state index >= 15 is 0 Å². The Balaban J connectivity index is 3.26. The molecule has 0 unspecified atom stereocenters. The first-order valence-corrected chi connectivity index (χ1v) is 3.81. The van der Waals surface area contributed by atoms with E-state index in [2.05, 4.69) is 4.74 Å². The molecule has 0 radical (unpaired) electrons. The van der Waals surface area contributed by atoms with E-state index in [0.717, 1.165) is 13.2 Å². The number of carbonyl (C=O) groups is 2. The van der Waals surface area contributed by atoms with E-state index in [0.29, 0.717) is 6.07 Å². The van der Waals surface area contributed by atoms with Crippen LogP contribution in [-0.2, 0) is 4.79 Å². The summed E-state index contributed by atoms with van der Waals surface area (Å²) >= 11 is 0. The third kappa shape index (κ3) is 2.04. The lowest BCUT2D eigenvalue weighted by molar-refractivity contribution is -0.131. The second-order valence-electron chi connectivity index (χ2n) is 2.64. The molecular weight excluding hydrogens is 207 g/mol. The molecule has 0 atom stereocenters. The Morgan fingerprint density at radius 1 is 1.40 bits per heavy atom. The number of aromatic hydroxyl groups is 1. The maximum Gasteiger partial charge on any atom is 0.377 e. The standard InChI is InChI=1S/C9H7FO5/c1-15-8-5(10)2-4(3-6(8)11)7(12)9(13)14/h2-3,11H,1H3,(H,13,14). The van der Waals surface area contributed by atoms with Crippen LogP contribution in [0, 0.1) is 5.82 Å². The number of carboxylic acid groups (broad SMARTS) is 1. The van der Waals surface area contributed by atoms with Gasteiger partial charge in [-0.15, -0.1) is 0 Å². The zero-order valence-electron chi connectivity index (χ0n) is 7.65. The van der Waals surface area contributed by atoms with Gasteiger partial charge in [-0.2, -0.15) is 0 Å². The van der Waals surface area contributed by atoms with Crippen molar-refractivity contribution in [3.8, 4) is 11.5 Å². The number of benzene rings is 1. The summed E-state index contributed by atoms with van der Waals surface area (Å²) in [6.07, 6.45) is 0. The van der Waals surface area contributed by atoms with E-state index < -0.39 is 34.6 Å². The van der Waals surface area contributed by atoms with Gasteiger partial charge in [0.25, 0.3) is 5.78 Å². The van der Waals surface area contributed by atoms with Gasteiger partial charge < -0.3 is 14.9 Å². The van der Waals surface area contributed by atoms with Crippen LogP contribution in [-0.4, -0.2) is 29.1 Å². The molecule has 0 heterocycles. The summed E-state index contributed by atoms with van der Waals surface area (Å²) in [5, 5.41) is 17.6. The molecule has 0 aliphatic heterocycles. The molecule has 0 aromatic heterocycles. The minimum absolute atomic E-state index is 0.433. The highest BCUT2D eigenvalue weighted by Gasteiger charge is 2.19. The minimum Gasteiger partial charge on any atom is -0.504 e. The Kier molecular flexibility index (Phi) is 2.89. The largest absolute Gasteiger partial charge is 0.504 e. The summed E-state index contributed by atoms with van der Waals surface area (Å²) in [5.74, 6) is -5.08. The summed E-state index contributed by atoms with van der Waals surface area (Å²) in [6.45, 7) is 0. The van der Waals surface area contributed by atoms with Gasteiger partial charge in [-0.25, -0.2) is 9.18 Å². The number of hydrogen-bond acceptors (Lipinski definition) is 4. The van der Waals surface area contributed by atoms with Gasteiger partial charge >= 0.3 is 5.97 Å². The molecule has 2 N–H and O–H groups in total. The molecule has 0 aliphatic rings. The molecule has 0 fully saturated rings. The summed E-state index contributed by atoms with van der Waals surface area (Å²) < 4.78 is 17.6. The Labute approximate surface area is 83.7 Å². The molecule has 0 bridgehead atoms. The number of hydrogen-bond donors (Lipinski definition) is 2. The SMILES string of the molecule is COc1c(O)cc(C(=O)C(=O)O)cc1F. The number of ketones is 1. The van der Waals surface area contributed by atoms with Gasteiger partial charge in [-0.1, -0.05) is 0 Å². The normalized spacial score (nSPS) is 9.73. The molecule has 5 nitrogen and oxygen atoms in total. The van der Waals surface area contributed by atoms with Gasteiger partial charge in [0.2, 0.25) is 0 Å². The molecule has 80 valence electrons. The smallest absolute Gasteiger partial charge is 0.377 e. The average Bonchev–Trinajstić information content (AvgIpc) is 2.15. The lowest BCUT2D eigenvalue weighted by Gasteiger charge is -2.05. The zero-order valence-corrected chi connectivity index (χ0v) is 7.65. The lowest BCUT2D eigenvalue weighted by Crippen LogP contribution is -2.13. The fourth-order valence-electron chi connectivity index (χ4n) is 1.04. The van der Waals surface area contributed by atoms with Crippen LogP contribution < -0.4 is 4.74 Å². The van der Waals surface area contributed by atoms with Crippen molar-refractivity contribution in [2.75, 3.05) is 7.11 Å². The monoisotopic (exact) mass is 214 g/mol. The van der Waals surface area contributed by atoms with E-state index in [1.807, 2.05) is 0 Å². The van der Waals surface area contributed by atoms with Crippen LogP contribution >= 0.6 is 0 Å². The van der Waals surface area contributed by atoms with Gasteiger partial charge in [0.1, 0.15) is 0 Å². The fourth-order valence-corrected chi connectivity index (χ4v) is 1.04. The first-order chi connectivity index (χ1) is 6.97. The van der Waals surface area contributed by atoms with Crippen molar-refractivity contribution in [1.82, 2.24) is 0 Å². The molecule has 0 aliphatic carbocycles. The first-order valence-electron chi connectivity index (χ1n) is 3.81. The number of halogens is 1. The van der Waals surface area contributed by atoms with Crippen LogP contribution in [0.1, 0.15) is 10.4 Å². The molecule has 0 saturated heterocycles.